The lowest BCUT2D eigenvalue weighted by atomic mass is 9.87. The molecule has 1 unspecified atom stereocenters. The van der Waals surface area contributed by atoms with E-state index in [1.54, 1.807) is 0 Å². The van der Waals surface area contributed by atoms with Crippen LogP contribution in [-0.4, -0.2) is 42.1 Å². The van der Waals surface area contributed by atoms with Crippen LogP contribution in [0.1, 0.15) is 37.6 Å². The van der Waals surface area contributed by atoms with Gasteiger partial charge in [0.2, 0.25) is 0 Å². The summed E-state index contributed by atoms with van der Waals surface area (Å²) >= 11 is 0. The summed E-state index contributed by atoms with van der Waals surface area (Å²) in [6.07, 6.45) is 8.64. The molecule has 2 rings (SSSR count). The van der Waals surface area contributed by atoms with Crippen molar-refractivity contribution >= 4 is 0 Å². The average molecular weight is 396 g/mol. The zero-order valence-electron chi connectivity index (χ0n) is 18.0. The van der Waals surface area contributed by atoms with Crippen LogP contribution in [0.4, 0.5) is 0 Å². The fourth-order valence-corrected chi connectivity index (χ4v) is 3.41. The molecule has 2 N–H and O–H groups in total. The molecule has 2 aromatic rings. The van der Waals surface area contributed by atoms with Gasteiger partial charge in [0.1, 0.15) is 25.8 Å². The first-order valence-corrected chi connectivity index (χ1v) is 10.2. The lowest BCUT2D eigenvalue weighted by Crippen LogP contribution is -3.11. The Kier molecular flexibility index (Phi) is 8.72. The van der Waals surface area contributed by atoms with Gasteiger partial charge in [-0.15, -0.1) is 6.42 Å². The van der Waals surface area contributed by atoms with Crippen molar-refractivity contribution in [2.75, 3.05) is 26.3 Å². The monoisotopic (exact) mass is 395 g/mol. The van der Waals surface area contributed by atoms with Gasteiger partial charge >= 0.3 is 0 Å². The predicted molar refractivity (Wildman–Crippen MR) is 119 cm³/mol. The lowest BCUT2D eigenvalue weighted by Gasteiger charge is -2.22. The van der Waals surface area contributed by atoms with E-state index in [0.717, 1.165) is 19.6 Å². The topological polar surface area (TPSA) is 38.8 Å². The van der Waals surface area contributed by atoms with Crippen molar-refractivity contribution in [2.45, 2.75) is 45.4 Å². The van der Waals surface area contributed by atoms with Gasteiger partial charge in [0.15, 0.2) is 0 Å². The number of ether oxygens (including phenoxy) is 1. The van der Waals surface area contributed by atoms with Gasteiger partial charge in [0.05, 0.1) is 18.8 Å². The molecule has 4 heteroatoms. The largest absolute Gasteiger partial charge is 0.385 e. The maximum atomic E-state index is 10.2. The number of aromatic nitrogens is 1. The Morgan fingerprint density at radius 1 is 1.28 bits per heavy atom. The Balaban J connectivity index is 2.01. The molecule has 4 nitrogen and oxygen atoms in total. The Morgan fingerprint density at radius 3 is 2.62 bits per heavy atom. The second kappa shape index (κ2) is 11.0. The highest BCUT2D eigenvalue weighted by Gasteiger charge is 2.17. The molecule has 0 saturated carbocycles. The number of nitrogens with one attached hydrogen (secondary N) is 1. The van der Waals surface area contributed by atoms with Crippen LogP contribution < -0.4 is 4.90 Å². The van der Waals surface area contributed by atoms with Crippen LogP contribution in [0.3, 0.4) is 0 Å². The SMILES string of the molecule is C#CCOC[C@H](O)C[NH+](CC=C)Cc1cccn1Cc1ccc(C(C)(C)C)cc1. The Morgan fingerprint density at radius 2 is 2.00 bits per heavy atom. The molecule has 0 bridgehead atoms. The minimum atomic E-state index is -0.549. The highest BCUT2D eigenvalue weighted by molar-refractivity contribution is 5.28. The van der Waals surface area contributed by atoms with Crippen molar-refractivity contribution in [1.29, 1.82) is 0 Å². The molecule has 29 heavy (non-hydrogen) atoms. The molecular formula is C25H35N2O2+. The highest BCUT2D eigenvalue weighted by Crippen LogP contribution is 2.22. The van der Waals surface area contributed by atoms with Crippen LogP contribution in [0.2, 0.25) is 0 Å². The zero-order chi connectivity index (χ0) is 21.3. The first-order chi connectivity index (χ1) is 13.8. The van der Waals surface area contributed by atoms with Crippen molar-refractivity contribution in [3.05, 3.63) is 72.1 Å². The van der Waals surface area contributed by atoms with Crippen molar-refractivity contribution in [2.24, 2.45) is 0 Å². The van der Waals surface area contributed by atoms with E-state index in [1.165, 1.54) is 21.7 Å². The molecule has 0 aliphatic heterocycles. The summed E-state index contributed by atoms with van der Waals surface area (Å²) in [4.78, 5) is 1.24. The van der Waals surface area contributed by atoms with Crippen LogP contribution in [0.5, 0.6) is 0 Å². The first-order valence-electron chi connectivity index (χ1n) is 10.2. The van der Waals surface area contributed by atoms with E-state index in [9.17, 15) is 5.11 Å². The number of rotatable bonds is 11. The zero-order valence-corrected chi connectivity index (χ0v) is 18.0. The number of terminal acetylenes is 1. The van der Waals surface area contributed by atoms with Gasteiger partial charge in [-0.3, -0.25) is 0 Å². The molecule has 0 fully saturated rings. The van der Waals surface area contributed by atoms with Crippen molar-refractivity contribution in [3.8, 4) is 12.3 Å². The predicted octanol–water partition coefficient (Wildman–Crippen LogP) is 2.42. The van der Waals surface area contributed by atoms with E-state index in [1.807, 2.05) is 6.08 Å². The number of quaternary nitrogens is 1. The number of aliphatic hydroxyl groups is 1. The molecule has 1 aromatic carbocycles. The van der Waals surface area contributed by atoms with E-state index >= 15 is 0 Å². The molecular weight excluding hydrogens is 360 g/mol. The summed E-state index contributed by atoms with van der Waals surface area (Å²) in [5.41, 5.74) is 4.02. The standard InChI is InChI=1S/C25H34N2O2/c1-6-14-26(19-24(28)20-29-16-7-2)18-23-9-8-15-27(23)17-21-10-12-22(13-11-21)25(3,4)5/h2,6,8-13,15,24,28H,1,14,16-20H2,3-5H3/p+1/t24-/m1/s1. The summed E-state index contributed by atoms with van der Waals surface area (Å²) in [6, 6.07) is 13.1. The van der Waals surface area contributed by atoms with Gasteiger partial charge in [0, 0.05) is 12.7 Å². The van der Waals surface area contributed by atoms with Crippen molar-refractivity contribution in [1.82, 2.24) is 4.57 Å². The minimum Gasteiger partial charge on any atom is -0.385 e. The van der Waals surface area contributed by atoms with Crippen LogP contribution in [0, 0.1) is 12.3 Å². The van der Waals surface area contributed by atoms with Gasteiger partial charge < -0.3 is 19.3 Å². The normalized spacial score (nSPS) is 13.6. The number of benzene rings is 1. The van der Waals surface area contributed by atoms with Crippen molar-refractivity contribution in [3.63, 3.8) is 0 Å². The van der Waals surface area contributed by atoms with E-state index in [0.29, 0.717) is 6.54 Å². The number of aliphatic hydroxyl groups excluding tert-OH is 1. The molecule has 0 saturated heterocycles. The quantitative estimate of drug-likeness (QED) is 0.348. The third-order valence-corrected chi connectivity index (χ3v) is 4.98. The van der Waals surface area contributed by atoms with E-state index in [2.05, 4.69) is 80.4 Å². The molecule has 0 radical (unpaired) electrons. The van der Waals surface area contributed by atoms with Gasteiger partial charge in [-0.2, -0.15) is 0 Å². The lowest BCUT2D eigenvalue weighted by molar-refractivity contribution is -0.911. The first kappa shape index (κ1) is 23.0. The Hall–Kier alpha value is -2.32. The highest BCUT2D eigenvalue weighted by atomic mass is 16.5. The molecule has 2 atom stereocenters. The van der Waals surface area contributed by atoms with Crippen LogP contribution in [0.15, 0.2) is 55.3 Å². The average Bonchev–Trinajstić information content (AvgIpc) is 3.08. The van der Waals surface area contributed by atoms with Gasteiger partial charge in [-0.05, 0) is 34.8 Å². The van der Waals surface area contributed by atoms with E-state index in [-0.39, 0.29) is 18.6 Å². The van der Waals surface area contributed by atoms with Crippen LogP contribution in [0.25, 0.3) is 0 Å². The molecule has 0 amide bonds. The molecule has 156 valence electrons. The smallest absolute Gasteiger partial charge is 0.126 e. The Labute approximate surface area is 175 Å². The summed E-state index contributed by atoms with van der Waals surface area (Å²) in [5, 5.41) is 10.2. The summed E-state index contributed by atoms with van der Waals surface area (Å²) in [5.74, 6) is 2.42. The number of hydrogen-bond acceptors (Lipinski definition) is 2. The second-order valence-electron chi connectivity index (χ2n) is 8.57. The van der Waals surface area contributed by atoms with Gasteiger partial charge in [0.25, 0.3) is 0 Å². The maximum Gasteiger partial charge on any atom is 0.126 e. The summed E-state index contributed by atoms with van der Waals surface area (Å²) < 4.78 is 7.54. The molecule has 0 aliphatic rings. The fourth-order valence-electron chi connectivity index (χ4n) is 3.41. The molecule has 1 aromatic heterocycles. The van der Waals surface area contributed by atoms with E-state index < -0.39 is 6.10 Å². The van der Waals surface area contributed by atoms with Crippen molar-refractivity contribution < 1.29 is 14.7 Å². The summed E-state index contributed by atoms with van der Waals surface area (Å²) in [6.45, 7) is 14.0. The van der Waals surface area contributed by atoms with Crippen LogP contribution >= 0.6 is 0 Å². The third-order valence-electron chi connectivity index (χ3n) is 4.98. The summed E-state index contributed by atoms with van der Waals surface area (Å²) in [7, 11) is 0. The van der Waals surface area contributed by atoms with Gasteiger partial charge in [-0.25, -0.2) is 0 Å². The third kappa shape index (κ3) is 7.55. The maximum absolute atomic E-state index is 10.2. The van der Waals surface area contributed by atoms with Crippen LogP contribution in [-0.2, 0) is 23.2 Å². The minimum absolute atomic E-state index is 0.163. The Bertz CT molecular complexity index is 793. The molecule has 0 aliphatic carbocycles. The van der Waals surface area contributed by atoms with E-state index in [4.69, 9.17) is 11.2 Å². The molecule has 1 heterocycles. The number of hydrogen-bond donors (Lipinski definition) is 2. The van der Waals surface area contributed by atoms with Gasteiger partial charge in [-0.1, -0.05) is 57.5 Å². The fraction of sp³-hybridized carbons (Fsp3) is 0.440. The molecule has 0 spiro atoms. The number of nitrogens with zero attached hydrogens (tertiary/aromatic N) is 1. The second-order valence-corrected chi connectivity index (χ2v) is 8.57.